The van der Waals surface area contributed by atoms with E-state index < -0.39 is 17.7 Å². The summed E-state index contributed by atoms with van der Waals surface area (Å²) in [5.74, 6) is -1.73. The maximum atomic E-state index is 11.6. The second kappa shape index (κ2) is 8.00. The number of carbonyl (C=O) groups excluding carboxylic acids is 1. The average molecular weight is 282 g/mol. The number of carbonyl (C=O) groups is 2. The number of phenols is 1. The molecule has 7 heteroatoms. The van der Waals surface area contributed by atoms with E-state index >= 15 is 0 Å². The highest BCUT2D eigenvalue weighted by atomic mass is 16.5. The predicted molar refractivity (Wildman–Crippen MR) is 73.2 cm³/mol. The van der Waals surface area contributed by atoms with Crippen LogP contribution >= 0.6 is 0 Å². The number of rotatable bonds is 7. The molecule has 0 aliphatic carbocycles. The number of carboxylic acids is 1. The van der Waals surface area contributed by atoms with Crippen molar-refractivity contribution < 1.29 is 24.5 Å². The van der Waals surface area contributed by atoms with Crippen molar-refractivity contribution >= 4 is 17.7 Å². The highest BCUT2D eigenvalue weighted by Crippen LogP contribution is 2.27. The summed E-state index contributed by atoms with van der Waals surface area (Å²) in [7, 11) is 0. The van der Waals surface area contributed by atoms with Gasteiger partial charge in [-0.2, -0.15) is 0 Å². The summed E-state index contributed by atoms with van der Waals surface area (Å²) in [5, 5.41) is 23.5. The molecule has 20 heavy (non-hydrogen) atoms. The summed E-state index contributed by atoms with van der Waals surface area (Å²) in [4.78, 5) is 22.4. The van der Waals surface area contributed by atoms with Gasteiger partial charge in [0, 0.05) is 19.8 Å². The fourth-order valence-electron chi connectivity index (χ4n) is 1.50. The third-order valence-corrected chi connectivity index (χ3v) is 2.47. The van der Waals surface area contributed by atoms with E-state index in [1.165, 1.54) is 18.2 Å². The Balaban J connectivity index is 2.50. The number of ether oxygens (including phenoxy) is 1. The normalized spacial score (nSPS) is 10.1. The smallest absolute Gasteiger partial charge is 0.339 e. The Morgan fingerprint density at radius 1 is 1.35 bits per heavy atom. The van der Waals surface area contributed by atoms with Crippen LogP contribution < -0.4 is 10.6 Å². The zero-order chi connectivity index (χ0) is 15.0. The molecule has 0 unspecified atom stereocenters. The van der Waals surface area contributed by atoms with E-state index in [-0.39, 0.29) is 11.3 Å². The molecule has 0 aliphatic heterocycles. The standard InChI is InChI=1S/C13H18N2O5/c1-2-20-8-4-7-14-13(19)15-10-6-3-5-9(11(10)16)12(17)18/h3,5-6,16H,2,4,7-8H2,1H3,(H,17,18)(H2,14,15,19). The van der Waals surface area contributed by atoms with E-state index in [1.807, 2.05) is 6.92 Å². The lowest BCUT2D eigenvalue weighted by Crippen LogP contribution is -2.30. The summed E-state index contributed by atoms with van der Waals surface area (Å²) in [5.41, 5.74) is -0.216. The van der Waals surface area contributed by atoms with Crippen molar-refractivity contribution in [1.82, 2.24) is 5.32 Å². The lowest BCUT2D eigenvalue weighted by molar-refractivity contribution is 0.0693. The molecule has 0 aromatic heterocycles. The van der Waals surface area contributed by atoms with Crippen molar-refractivity contribution in [3.8, 4) is 5.75 Å². The van der Waals surface area contributed by atoms with Gasteiger partial charge >= 0.3 is 12.0 Å². The molecule has 0 atom stereocenters. The third-order valence-electron chi connectivity index (χ3n) is 2.47. The number of amides is 2. The molecule has 0 bridgehead atoms. The molecule has 1 aromatic carbocycles. The van der Waals surface area contributed by atoms with E-state index in [4.69, 9.17) is 9.84 Å². The number of aromatic carboxylic acids is 1. The summed E-state index contributed by atoms with van der Waals surface area (Å²) in [6, 6.07) is 3.59. The first-order valence-electron chi connectivity index (χ1n) is 6.24. The van der Waals surface area contributed by atoms with E-state index in [0.29, 0.717) is 26.2 Å². The van der Waals surface area contributed by atoms with Crippen LogP contribution in [0.15, 0.2) is 18.2 Å². The van der Waals surface area contributed by atoms with Gasteiger partial charge < -0.3 is 25.6 Å². The molecule has 1 rings (SSSR count). The number of para-hydroxylation sites is 1. The minimum atomic E-state index is -1.26. The number of nitrogens with one attached hydrogen (secondary N) is 2. The van der Waals surface area contributed by atoms with Gasteiger partial charge in [-0.15, -0.1) is 0 Å². The Bertz CT molecular complexity index is 476. The van der Waals surface area contributed by atoms with Gasteiger partial charge in [0.2, 0.25) is 0 Å². The van der Waals surface area contributed by atoms with Crippen molar-refractivity contribution in [2.75, 3.05) is 25.1 Å². The average Bonchev–Trinajstić information content (AvgIpc) is 2.40. The molecule has 2 amide bonds. The predicted octanol–water partition coefficient (Wildman–Crippen LogP) is 1.64. The number of aromatic hydroxyl groups is 1. The molecule has 1 aromatic rings. The van der Waals surface area contributed by atoms with Crippen LogP contribution in [0, 0.1) is 0 Å². The second-order valence-corrected chi connectivity index (χ2v) is 3.94. The first kappa shape index (κ1) is 15.8. The van der Waals surface area contributed by atoms with Gasteiger partial charge in [0.1, 0.15) is 5.56 Å². The Labute approximate surface area is 116 Å². The largest absolute Gasteiger partial charge is 0.505 e. The molecular weight excluding hydrogens is 264 g/mol. The topological polar surface area (TPSA) is 108 Å². The molecule has 0 radical (unpaired) electrons. The number of hydrogen-bond acceptors (Lipinski definition) is 4. The lowest BCUT2D eigenvalue weighted by Gasteiger charge is -2.10. The van der Waals surface area contributed by atoms with E-state index in [2.05, 4.69) is 10.6 Å². The lowest BCUT2D eigenvalue weighted by atomic mass is 10.2. The van der Waals surface area contributed by atoms with Crippen molar-refractivity contribution in [3.63, 3.8) is 0 Å². The van der Waals surface area contributed by atoms with Crippen LogP contribution in [-0.4, -0.2) is 42.0 Å². The Morgan fingerprint density at radius 2 is 2.10 bits per heavy atom. The molecule has 0 heterocycles. The Hall–Kier alpha value is -2.28. The monoisotopic (exact) mass is 282 g/mol. The van der Waals surface area contributed by atoms with Gasteiger partial charge in [0.05, 0.1) is 5.69 Å². The minimum absolute atomic E-state index is 0.0483. The summed E-state index contributed by atoms with van der Waals surface area (Å²) >= 11 is 0. The molecule has 7 nitrogen and oxygen atoms in total. The van der Waals surface area contributed by atoms with Gasteiger partial charge in [-0.05, 0) is 25.5 Å². The minimum Gasteiger partial charge on any atom is -0.505 e. The van der Waals surface area contributed by atoms with Gasteiger partial charge in [-0.1, -0.05) is 6.07 Å². The fourth-order valence-corrected chi connectivity index (χ4v) is 1.50. The summed E-state index contributed by atoms with van der Waals surface area (Å²) in [6.07, 6.45) is 0.669. The van der Waals surface area contributed by atoms with E-state index in [9.17, 15) is 14.7 Å². The molecular formula is C13H18N2O5. The van der Waals surface area contributed by atoms with Gasteiger partial charge in [0.15, 0.2) is 5.75 Å². The van der Waals surface area contributed by atoms with Crippen LogP contribution in [0.1, 0.15) is 23.7 Å². The maximum Gasteiger partial charge on any atom is 0.339 e. The Kier molecular flexibility index (Phi) is 6.31. The number of hydrogen-bond donors (Lipinski definition) is 4. The zero-order valence-corrected chi connectivity index (χ0v) is 11.2. The maximum absolute atomic E-state index is 11.6. The summed E-state index contributed by atoms with van der Waals surface area (Å²) < 4.78 is 5.12. The number of urea groups is 1. The molecule has 4 N–H and O–H groups in total. The SMILES string of the molecule is CCOCCCNC(=O)Nc1cccc(C(=O)O)c1O. The van der Waals surface area contributed by atoms with E-state index in [1.54, 1.807) is 0 Å². The highest BCUT2D eigenvalue weighted by molar-refractivity contribution is 5.97. The van der Waals surface area contributed by atoms with Crippen LogP contribution in [0.3, 0.4) is 0 Å². The molecule has 110 valence electrons. The molecule has 0 spiro atoms. The highest BCUT2D eigenvalue weighted by Gasteiger charge is 2.14. The van der Waals surface area contributed by atoms with Crippen LogP contribution in [0.25, 0.3) is 0 Å². The molecule has 0 fully saturated rings. The van der Waals surface area contributed by atoms with Crippen molar-refractivity contribution in [2.24, 2.45) is 0 Å². The van der Waals surface area contributed by atoms with Crippen LogP contribution in [-0.2, 0) is 4.74 Å². The van der Waals surface area contributed by atoms with Gasteiger partial charge in [-0.3, -0.25) is 0 Å². The number of benzene rings is 1. The first-order chi connectivity index (χ1) is 9.56. The van der Waals surface area contributed by atoms with Crippen LogP contribution in [0.4, 0.5) is 10.5 Å². The van der Waals surface area contributed by atoms with Crippen LogP contribution in [0.2, 0.25) is 0 Å². The summed E-state index contributed by atoms with van der Waals surface area (Å²) in [6.45, 7) is 3.49. The zero-order valence-electron chi connectivity index (χ0n) is 11.2. The Morgan fingerprint density at radius 3 is 2.75 bits per heavy atom. The molecule has 0 saturated heterocycles. The van der Waals surface area contributed by atoms with Crippen molar-refractivity contribution in [1.29, 1.82) is 0 Å². The number of carboxylic acid groups (broad SMARTS) is 1. The second-order valence-electron chi connectivity index (χ2n) is 3.94. The molecule has 0 aliphatic rings. The van der Waals surface area contributed by atoms with Crippen molar-refractivity contribution in [3.05, 3.63) is 23.8 Å². The third kappa shape index (κ3) is 4.77. The fraction of sp³-hybridized carbons (Fsp3) is 0.385. The van der Waals surface area contributed by atoms with Crippen LogP contribution in [0.5, 0.6) is 5.75 Å². The first-order valence-corrected chi connectivity index (χ1v) is 6.24. The quantitative estimate of drug-likeness (QED) is 0.449. The molecule has 0 saturated carbocycles. The van der Waals surface area contributed by atoms with Crippen molar-refractivity contribution in [2.45, 2.75) is 13.3 Å². The van der Waals surface area contributed by atoms with Gasteiger partial charge in [-0.25, -0.2) is 9.59 Å². The number of anilines is 1. The van der Waals surface area contributed by atoms with Gasteiger partial charge in [0.25, 0.3) is 0 Å². The van der Waals surface area contributed by atoms with E-state index in [0.717, 1.165) is 0 Å².